The zero-order valence-electron chi connectivity index (χ0n) is 12.6. The predicted octanol–water partition coefficient (Wildman–Crippen LogP) is 3.29. The van der Waals surface area contributed by atoms with E-state index < -0.39 is 0 Å². The van der Waals surface area contributed by atoms with E-state index in [-0.39, 0.29) is 24.4 Å². The van der Waals surface area contributed by atoms with Crippen LogP contribution in [-0.4, -0.2) is 22.9 Å². The summed E-state index contributed by atoms with van der Waals surface area (Å²) in [6.07, 6.45) is 5.33. The third kappa shape index (κ3) is 3.98. The summed E-state index contributed by atoms with van der Waals surface area (Å²) in [7, 11) is 0. The van der Waals surface area contributed by atoms with Gasteiger partial charge in [-0.2, -0.15) is 0 Å². The van der Waals surface area contributed by atoms with Gasteiger partial charge in [-0.15, -0.1) is 12.4 Å². The molecule has 0 spiro atoms. The van der Waals surface area contributed by atoms with Crippen LogP contribution in [0.1, 0.15) is 50.6 Å². The number of amides is 1. The third-order valence-corrected chi connectivity index (χ3v) is 4.59. The van der Waals surface area contributed by atoms with Crippen molar-refractivity contribution in [2.75, 3.05) is 0 Å². The van der Waals surface area contributed by atoms with E-state index in [9.17, 15) is 4.79 Å². The lowest BCUT2D eigenvalue weighted by Crippen LogP contribution is -2.42. The molecule has 2 atom stereocenters. The standard InChI is InChI=1S/C17H24N2O.ClH/c1-12(13-7-8-13)19(15-9-10-15)17(20)11-16(18)14-5-3-2-4-6-14;/h2-6,12-13,15-16H,7-11,18H2,1H3;1H. The van der Waals surface area contributed by atoms with Crippen LogP contribution in [0.3, 0.4) is 0 Å². The van der Waals surface area contributed by atoms with E-state index in [0.29, 0.717) is 18.5 Å². The molecule has 1 aromatic carbocycles. The van der Waals surface area contributed by atoms with Crippen LogP contribution in [0, 0.1) is 5.92 Å². The molecule has 0 saturated heterocycles. The molecule has 0 aromatic heterocycles. The van der Waals surface area contributed by atoms with E-state index in [1.165, 1.54) is 25.7 Å². The quantitative estimate of drug-likeness (QED) is 0.876. The SMILES string of the molecule is CC(C1CC1)N(C(=O)CC(N)c1ccccc1)C1CC1.Cl. The second-order valence-corrected chi connectivity index (χ2v) is 6.33. The maximum Gasteiger partial charge on any atom is 0.224 e. The van der Waals surface area contributed by atoms with Crippen LogP contribution >= 0.6 is 12.4 Å². The number of halogens is 1. The summed E-state index contributed by atoms with van der Waals surface area (Å²) in [6, 6.07) is 10.6. The first-order valence-corrected chi connectivity index (χ1v) is 7.78. The number of rotatable bonds is 6. The van der Waals surface area contributed by atoms with Crippen LogP contribution in [0.2, 0.25) is 0 Å². The Hall–Kier alpha value is -1.06. The molecule has 116 valence electrons. The van der Waals surface area contributed by atoms with E-state index in [0.717, 1.165) is 11.5 Å². The van der Waals surface area contributed by atoms with Crippen molar-refractivity contribution in [2.24, 2.45) is 11.7 Å². The largest absolute Gasteiger partial charge is 0.337 e. The molecule has 21 heavy (non-hydrogen) atoms. The van der Waals surface area contributed by atoms with Crippen LogP contribution in [0.25, 0.3) is 0 Å². The molecule has 0 radical (unpaired) electrons. The topological polar surface area (TPSA) is 46.3 Å². The summed E-state index contributed by atoms with van der Waals surface area (Å²) < 4.78 is 0. The molecule has 2 aliphatic carbocycles. The number of nitrogens with two attached hydrogens (primary N) is 1. The molecule has 0 bridgehead atoms. The minimum absolute atomic E-state index is 0. The number of hydrogen-bond acceptors (Lipinski definition) is 2. The molecule has 2 unspecified atom stereocenters. The molecule has 2 N–H and O–H groups in total. The van der Waals surface area contributed by atoms with E-state index in [1.54, 1.807) is 0 Å². The zero-order chi connectivity index (χ0) is 14.1. The number of carbonyl (C=O) groups is 1. The second-order valence-electron chi connectivity index (χ2n) is 6.33. The molecule has 2 aliphatic rings. The first kappa shape index (κ1) is 16.3. The minimum atomic E-state index is -0.184. The molecule has 2 fully saturated rings. The van der Waals surface area contributed by atoms with Gasteiger partial charge in [-0.25, -0.2) is 0 Å². The van der Waals surface area contributed by atoms with Crippen LogP contribution in [0.4, 0.5) is 0 Å². The van der Waals surface area contributed by atoms with Crippen molar-refractivity contribution in [3.05, 3.63) is 35.9 Å². The minimum Gasteiger partial charge on any atom is -0.337 e. The molecule has 3 nitrogen and oxygen atoms in total. The van der Waals surface area contributed by atoms with E-state index in [4.69, 9.17) is 5.73 Å². The fraction of sp³-hybridized carbons (Fsp3) is 0.588. The Labute approximate surface area is 133 Å². The number of benzene rings is 1. The Balaban J connectivity index is 0.00000161. The molecule has 0 heterocycles. The monoisotopic (exact) mass is 308 g/mol. The summed E-state index contributed by atoms with van der Waals surface area (Å²) in [6.45, 7) is 2.21. The van der Waals surface area contributed by atoms with Gasteiger partial charge in [0, 0.05) is 24.5 Å². The van der Waals surface area contributed by atoms with Crippen molar-refractivity contribution in [3.8, 4) is 0 Å². The van der Waals surface area contributed by atoms with Gasteiger partial charge in [-0.1, -0.05) is 30.3 Å². The van der Waals surface area contributed by atoms with Crippen molar-refractivity contribution in [1.82, 2.24) is 4.90 Å². The fourth-order valence-electron chi connectivity index (χ4n) is 3.03. The first-order chi connectivity index (χ1) is 9.66. The van der Waals surface area contributed by atoms with Gasteiger partial charge in [0.05, 0.1) is 0 Å². The molecule has 3 rings (SSSR count). The molecular formula is C17H25ClN2O. The smallest absolute Gasteiger partial charge is 0.224 e. The summed E-state index contributed by atoms with van der Waals surface area (Å²) in [5.74, 6) is 0.968. The summed E-state index contributed by atoms with van der Waals surface area (Å²) in [5.41, 5.74) is 7.25. The Morgan fingerprint density at radius 3 is 2.38 bits per heavy atom. The highest BCUT2D eigenvalue weighted by Crippen LogP contribution is 2.40. The van der Waals surface area contributed by atoms with Gasteiger partial charge in [-0.05, 0) is 44.1 Å². The molecule has 1 aromatic rings. The van der Waals surface area contributed by atoms with Crippen molar-refractivity contribution in [2.45, 2.75) is 57.2 Å². The van der Waals surface area contributed by atoms with Crippen LogP contribution in [-0.2, 0) is 4.79 Å². The van der Waals surface area contributed by atoms with E-state index in [2.05, 4.69) is 11.8 Å². The number of nitrogens with zero attached hydrogens (tertiary/aromatic N) is 1. The van der Waals surface area contributed by atoms with Crippen molar-refractivity contribution in [1.29, 1.82) is 0 Å². The maximum absolute atomic E-state index is 12.6. The van der Waals surface area contributed by atoms with Gasteiger partial charge >= 0.3 is 0 Å². The molecule has 4 heteroatoms. The van der Waals surface area contributed by atoms with Gasteiger partial charge in [0.25, 0.3) is 0 Å². The highest BCUT2D eigenvalue weighted by Gasteiger charge is 2.41. The Bertz CT molecular complexity index is 471. The van der Waals surface area contributed by atoms with E-state index >= 15 is 0 Å². The second kappa shape index (κ2) is 6.80. The fourth-order valence-corrected chi connectivity index (χ4v) is 3.03. The lowest BCUT2D eigenvalue weighted by Gasteiger charge is -2.30. The maximum atomic E-state index is 12.6. The summed E-state index contributed by atoms with van der Waals surface area (Å²) >= 11 is 0. The average molecular weight is 309 g/mol. The highest BCUT2D eigenvalue weighted by molar-refractivity contribution is 5.85. The highest BCUT2D eigenvalue weighted by atomic mass is 35.5. The lowest BCUT2D eigenvalue weighted by atomic mass is 10.0. The van der Waals surface area contributed by atoms with Crippen molar-refractivity contribution >= 4 is 18.3 Å². The van der Waals surface area contributed by atoms with Crippen LogP contribution in [0.15, 0.2) is 30.3 Å². The summed E-state index contributed by atoms with van der Waals surface area (Å²) in [5, 5.41) is 0. The number of hydrogen-bond donors (Lipinski definition) is 1. The Kier molecular flexibility index (Phi) is 5.28. The average Bonchev–Trinajstić information content (AvgIpc) is 3.31. The number of carbonyl (C=O) groups excluding carboxylic acids is 1. The Morgan fingerprint density at radius 1 is 1.24 bits per heavy atom. The van der Waals surface area contributed by atoms with Crippen molar-refractivity contribution < 1.29 is 4.79 Å². The Morgan fingerprint density at radius 2 is 1.86 bits per heavy atom. The molecular weight excluding hydrogens is 284 g/mol. The van der Waals surface area contributed by atoms with Crippen molar-refractivity contribution in [3.63, 3.8) is 0 Å². The molecule has 0 aliphatic heterocycles. The molecule has 1 amide bonds. The predicted molar refractivity (Wildman–Crippen MR) is 87.3 cm³/mol. The van der Waals surface area contributed by atoms with Gasteiger partial charge in [0.15, 0.2) is 0 Å². The van der Waals surface area contributed by atoms with Crippen LogP contribution < -0.4 is 5.73 Å². The molecule has 2 saturated carbocycles. The normalized spacial score (nSPS) is 20.3. The zero-order valence-corrected chi connectivity index (χ0v) is 13.4. The lowest BCUT2D eigenvalue weighted by molar-refractivity contribution is -0.134. The van der Waals surface area contributed by atoms with Gasteiger partial charge in [-0.3, -0.25) is 4.79 Å². The third-order valence-electron chi connectivity index (χ3n) is 4.59. The van der Waals surface area contributed by atoms with Gasteiger partial charge in [0.2, 0.25) is 5.91 Å². The van der Waals surface area contributed by atoms with E-state index in [1.807, 2.05) is 30.3 Å². The van der Waals surface area contributed by atoms with Gasteiger partial charge in [0.1, 0.15) is 0 Å². The van der Waals surface area contributed by atoms with Crippen LogP contribution in [0.5, 0.6) is 0 Å². The van der Waals surface area contributed by atoms with Gasteiger partial charge < -0.3 is 10.6 Å². The first-order valence-electron chi connectivity index (χ1n) is 7.78. The summed E-state index contributed by atoms with van der Waals surface area (Å²) in [4.78, 5) is 14.8.